The van der Waals surface area contributed by atoms with E-state index < -0.39 is 0 Å². The number of thioether (sulfide) groups is 1. The van der Waals surface area contributed by atoms with Crippen LogP contribution in [0, 0.1) is 5.82 Å². The average Bonchev–Trinajstić information content (AvgIpc) is 2.92. The van der Waals surface area contributed by atoms with Crippen molar-refractivity contribution in [2.75, 3.05) is 5.75 Å². The van der Waals surface area contributed by atoms with E-state index in [0.29, 0.717) is 10.8 Å². The molecule has 0 saturated carbocycles. The number of hydrogen-bond acceptors (Lipinski definition) is 5. The summed E-state index contributed by atoms with van der Waals surface area (Å²) in [6, 6.07) is 6.25. The molecular formula is C15H20FN5OS. The van der Waals surface area contributed by atoms with Gasteiger partial charge in [0.05, 0.1) is 11.4 Å². The van der Waals surface area contributed by atoms with Crippen LogP contribution in [0.1, 0.15) is 27.7 Å². The van der Waals surface area contributed by atoms with Crippen LogP contribution in [0.25, 0.3) is 5.69 Å². The molecule has 0 spiro atoms. The number of aromatic nitrogens is 4. The smallest absolute Gasteiger partial charge is 0.233 e. The molecular weight excluding hydrogens is 317 g/mol. The Kier molecular flexibility index (Phi) is 5.70. The first-order chi connectivity index (χ1) is 10.9. The van der Waals surface area contributed by atoms with E-state index in [1.54, 1.807) is 12.1 Å². The van der Waals surface area contributed by atoms with Gasteiger partial charge in [-0.3, -0.25) is 4.79 Å². The third-order valence-corrected chi connectivity index (χ3v) is 4.12. The predicted molar refractivity (Wildman–Crippen MR) is 87.0 cm³/mol. The second-order valence-electron chi connectivity index (χ2n) is 5.63. The Balaban J connectivity index is 2.11. The SMILES string of the molecule is CC(C)N(C(=O)CSc1nnnn1-c1cccc(F)c1)C(C)C. The third kappa shape index (κ3) is 4.28. The lowest BCUT2D eigenvalue weighted by Gasteiger charge is -2.30. The maximum atomic E-state index is 13.3. The van der Waals surface area contributed by atoms with Crippen molar-refractivity contribution >= 4 is 17.7 Å². The van der Waals surface area contributed by atoms with E-state index in [1.807, 2.05) is 32.6 Å². The molecule has 0 atom stereocenters. The summed E-state index contributed by atoms with van der Waals surface area (Å²) < 4.78 is 14.8. The van der Waals surface area contributed by atoms with Crippen molar-refractivity contribution < 1.29 is 9.18 Å². The van der Waals surface area contributed by atoms with E-state index in [-0.39, 0.29) is 29.6 Å². The quantitative estimate of drug-likeness (QED) is 0.758. The molecule has 8 heteroatoms. The summed E-state index contributed by atoms with van der Waals surface area (Å²) in [6.45, 7) is 7.94. The number of benzene rings is 1. The summed E-state index contributed by atoms with van der Waals surface area (Å²) in [6.07, 6.45) is 0. The fourth-order valence-electron chi connectivity index (χ4n) is 2.41. The normalized spacial score (nSPS) is 11.3. The summed E-state index contributed by atoms with van der Waals surface area (Å²) in [4.78, 5) is 14.2. The molecule has 23 heavy (non-hydrogen) atoms. The minimum absolute atomic E-state index is 0.0220. The van der Waals surface area contributed by atoms with Crippen LogP contribution >= 0.6 is 11.8 Å². The molecule has 0 saturated heterocycles. The van der Waals surface area contributed by atoms with Crippen molar-refractivity contribution in [1.82, 2.24) is 25.1 Å². The van der Waals surface area contributed by atoms with E-state index in [0.717, 1.165) is 0 Å². The average molecular weight is 337 g/mol. The molecule has 0 unspecified atom stereocenters. The minimum Gasteiger partial charge on any atom is -0.337 e. The van der Waals surface area contributed by atoms with Crippen molar-refractivity contribution in [2.24, 2.45) is 0 Å². The zero-order valence-corrected chi connectivity index (χ0v) is 14.4. The van der Waals surface area contributed by atoms with Gasteiger partial charge in [0, 0.05) is 12.1 Å². The Morgan fingerprint density at radius 3 is 2.61 bits per heavy atom. The molecule has 0 aliphatic carbocycles. The van der Waals surface area contributed by atoms with Gasteiger partial charge in [0.15, 0.2) is 0 Å². The number of carbonyl (C=O) groups is 1. The zero-order chi connectivity index (χ0) is 17.0. The molecule has 2 aromatic rings. The van der Waals surface area contributed by atoms with Crippen molar-refractivity contribution in [3.8, 4) is 5.69 Å². The highest BCUT2D eigenvalue weighted by Gasteiger charge is 2.21. The Hall–Kier alpha value is -1.96. The van der Waals surface area contributed by atoms with E-state index in [9.17, 15) is 9.18 Å². The molecule has 6 nitrogen and oxygen atoms in total. The standard InChI is InChI=1S/C15H20FN5OS/c1-10(2)20(11(3)4)14(22)9-23-15-17-18-19-21(15)13-7-5-6-12(16)8-13/h5-8,10-11H,9H2,1-4H3. The Labute approximate surface area is 139 Å². The molecule has 0 radical (unpaired) electrons. The van der Waals surface area contributed by atoms with Gasteiger partial charge in [-0.05, 0) is 56.3 Å². The van der Waals surface area contributed by atoms with Gasteiger partial charge in [0.1, 0.15) is 5.82 Å². The van der Waals surface area contributed by atoms with Crippen molar-refractivity contribution in [2.45, 2.75) is 44.9 Å². The maximum absolute atomic E-state index is 13.3. The molecule has 0 bridgehead atoms. The molecule has 1 aromatic heterocycles. The summed E-state index contributed by atoms with van der Waals surface area (Å²) >= 11 is 1.24. The van der Waals surface area contributed by atoms with Crippen LogP contribution in [0.3, 0.4) is 0 Å². The monoisotopic (exact) mass is 337 g/mol. The van der Waals surface area contributed by atoms with Gasteiger partial charge in [-0.25, -0.2) is 4.39 Å². The van der Waals surface area contributed by atoms with E-state index in [1.165, 1.54) is 28.6 Å². The summed E-state index contributed by atoms with van der Waals surface area (Å²) in [5.41, 5.74) is 0.523. The first-order valence-electron chi connectivity index (χ1n) is 7.38. The number of amides is 1. The van der Waals surface area contributed by atoms with Gasteiger partial charge < -0.3 is 4.90 Å². The number of nitrogens with zero attached hydrogens (tertiary/aromatic N) is 5. The second kappa shape index (κ2) is 7.54. The molecule has 1 heterocycles. The van der Waals surface area contributed by atoms with Gasteiger partial charge in [-0.1, -0.05) is 17.8 Å². The summed E-state index contributed by atoms with van der Waals surface area (Å²) in [5, 5.41) is 11.8. The van der Waals surface area contributed by atoms with Crippen LogP contribution in [0.15, 0.2) is 29.4 Å². The number of hydrogen-bond donors (Lipinski definition) is 0. The molecule has 0 N–H and O–H groups in total. The second-order valence-corrected chi connectivity index (χ2v) is 6.57. The van der Waals surface area contributed by atoms with E-state index in [2.05, 4.69) is 15.5 Å². The fourth-order valence-corrected chi connectivity index (χ4v) is 3.17. The highest BCUT2D eigenvalue weighted by atomic mass is 32.2. The first-order valence-corrected chi connectivity index (χ1v) is 8.37. The van der Waals surface area contributed by atoms with Gasteiger partial charge in [-0.2, -0.15) is 4.68 Å². The molecule has 0 aliphatic rings. The Morgan fingerprint density at radius 1 is 1.30 bits per heavy atom. The van der Waals surface area contributed by atoms with Crippen LogP contribution in [-0.4, -0.2) is 48.9 Å². The summed E-state index contributed by atoms with van der Waals surface area (Å²) in [5.74, 6) is -0.115. The van der Waals surface area contributed by atoms with Gasteiger partial charge in [0.25, 0.3) is 0 Å². The highest BCUT2D eigenvalue weighted by Crippen LogP contribution is 2.20. The highest BCUT2D eigenvalue weighted by molar-refractivity contribution is 7.99. The van der Waals surface area contributed by atoms with Crippen molar-refractivity contribution in [1.29, 1.82) is 0 Å². The topological polar surface area (TPSA) is 63.9 Å². The van der Waals surface area contributed by atoms with Crippen LogP contribution in [0.4, 0.5) is 4.39 Å². The molecule has 1 aromatic carbocycles. The minimum atomic E-state index is -0.365. The van der Waals surface area contributed by atoms with E-state index >= 15 is 0 Å². The lowest BCUT2D eigenvalue weighted by Crippen LogP contribution is -2.43. The number of rotatable bonds is 6. The Bertz CT molecular complexity index is 665. The van der Waals surface area contributed by atoms with Gasteiger partial charge in [0.2, 0.25) is 11.1 Å². The molecule has 0 aliphatic heterocycles. The van der Waals surface area contributed by atoms with E-state index in [4.69, 9.17) is 0 Å². The zero-order valence-electron chi connectivity index (χ0n) is 13.6. The maximum Gasteiger partial charge on any atom is 0.233 e. The van der Waals surface area contributed by atoms with Crippen LogP contribution in [0.5, 0.6) is 0 Å². The van der Waals surface area contributed by atoms with Gasteiger partial charge in [-0.15, -0.1) is 5.10 Å². The number of halogens is 1. The van der Waals surface area contributed by atoms with Gasteiger partial charge >= 0.3 is 0 Å². The third-order valence-electron chi connectivity index (χ3n) is 3.22. The van der Waals surface area contributed by atoms with Crippen molar-refractivity contribution in [3.63, 3.8) is 0 Å². The first kappa shape index (κ1) is 17.4. The fraction of sp³-hybridized carbons (Fsp3) is 0.467. The molecule has 2 rings (SSSR count). The lowest BCUT2D eigenvalue weighted by molar-refractivity contribution is -0.131. The summed E-state index contributed by atoms with van der Waals surface area (Å²) in [7, 11) is 0. The lowest BCUT2D eigenvalue weighted by atomic mass is 10.2. The largest absolute Gasteiger partial charge is 0.337 e. The molecule has 1 amide bonds. The molecule has 124 valence electrons. The van der Waals surface area contributed by atoms with Crippen LogP contribution in [-0.2, 0) is 4.79 Å². The number of carbonyl (C=O) groups excluding carboxylic acids is 1. The van der Waals surface area contributed by atoms with Crippen LogP contribution in [0.2, 0.25) is 0 Å². The molecule has 0 fully saturated rings. The van der Waals surface area contributed by atoms with Crippen molar-refractivity contribution in [3.05, 3.63) is 30.1 Å². The number of tetrazole rings is 1. The predicted octanol–water partition coefficient (Wildman–Crippen LogP) is 2.54. The van der Waals surface area contributed by atoms with Crippen LogP contribution < -0.4 is 0 Å². The Morgan fingerprint density at radius 2 is 2.00 bits per heavy atom.